The van der Waals surface area contributed by atoms with Gasteiger partial charge in [0.15, 0.2) is 24.6 Å². The zero-order valence-corrected chi connectivity index (χ0v) is 50.6. The Kier molecular flexibility index (Phi) is 51.5. The molecule has 0 aromatic carbocycles. The highest BCUT2D eigenvalue weighted by Gasteiger charge is 2.50. The molecular weight excluding hydrogens is 997 g/mol. The molecule has 0 aromatic rings. The molecule has 0 aromatic heterocycles. The summed E-state index contributed by atoms with van der Waals surface area (Å²) in [6.07, 6.45) is 55.0. The topological polar surface area (TPSA) is 175 Å². The first-order valence-corrected chi connectivity index (χ1v) is 32.6. The lowest BCUT2D eigenvalue weighted by molar-refractivity contribution is -0.301. The summed E-state index contributed by atoms with van der Waals surface area (Å²) < 4.78 is 28.5. The second kappa shape index (κ2) is 55.2. The van der Waals surface area contributed by atoms with E-state index in [4.69, 9.17) is 23.7 Å². The largest absolute Gasteiger partial charge is 0.479 e. The number of ether oxygens (including phenoxy) is 5. The van der Waals surface area contributed by atoms with Crippen molar-refractivity contribution in [3.8, 4) is 0 Å². The van der Waals surface area contributed by atoms with Gasteiger partial charge < -0.3 is 39.0 Å². The van der Waals surface area contributed by atoms with Gasteiger partial charge in [0.25, 0.3) is 0 Å². The monoisotopic (exact) mass is 1110 g/mol. The van der Waals surface area contributed by atoms with Gasteiger partial charge in [-0.05, 0) is 103 Å². The van der Waals surface area contributed by atoms with E-state index in [1.807, 2.05) is 0 Å². The second-order valence-corrected chi connectivity index (χ2v) is 22.4. The first-order chi connectivity index (χ1) is 38.6. The molecule has 12 heteroatoms. The van der Waals surface area contributed by atoms with Gasteiger partial charge in [0.1, 0.15) is 18.8 Å². The van der Waals surface area contributed by atoms with Crippen molar-refractivity contribution in [3.05, 3.63) is 48.6 Å². The summed E-state index contributed by atoms with van der Waals surface area (Å²) in [6.45, 7) is 5.98. The number of carbonyl (C=O) groups excluding carboxylic acids is 3. The number of rotatable bonds is 56. The van der Waals surface area contributed by atoms with Crippen molar-refractivity contribution < 1.29 is 58.2 Å². The Hall–Kier alpha value is -3.32. The Bertz CT molecular complexity index is 1560. The molecule has 1 saturated heterocycles. The van der Waals surface area contributed by atoms with Crippen molar-refractivity contribution in [1.29, 1.82) is 0 Å². The molecule has 1 aliphatic rings. The fourth-order valence-electron chi connectivity index (χ4n) is 9.80. The van der Waals surface area contributed by atoms with Crippen LogP contribution in [0.5, 0.6) is 0 Å². The molecule has 0 saturated carbocycles. The van der Waals surface area contributed by atoms with Crippen LogP contribution in [-0.2, 0) is 42.9 Å². The molecule has 12 nitrogen and oxygen atoms in total. The smallest absolute Gasteiger partial charge is 0.335 e. The van der Waals surface area contributed by atoms with Crippen LogP contribution < -0.4 is 0 Å². The van der Waals surface area contributed by atoms with Crippen molar-refractivity contribution in [2.75, 3.05) is 13.2 Å². The van der Waals surface area contributed by atoms with Gasteiger partial charge in [-0.1, -0.05) is 230 Å². The van der Waals surface area contributed by atoms with Crippen molar-refractivity contribution in [3.63, 3.8) is 0 Å². The molecule has 1 heterocycles. The van der Waals surface area contributed by atoms with Crippen LogP contribution in [0.4, 0.5) is 0 Å². The predicted octanol–water partition coefficient (Wildman–Crippen LogP) is 17.3. The van der Waals surface area contributed by atoms with E-state index in [0.29, 0.717) is 19.3 Å². The predicted molar refractivity (Wildman–Crippen MR) is 322 cm³/mol. The Morgan fingerprint density at radius 3 is 1.18 bits per heavy atom. The molecule has 458 valence electrons. The molecule has 0 aliphatic carbocycles. The van der Waals surface area contributed by atoms with E-state index in [9.17, 15) is 34.5 Å². The van der Waals surface area contributed by atoms with Crippen LogP contribution in [-0.4, -0.2) is 89.2 Å². The summed E-state index contributed by atoms with van der Waals surface area (Å²) in [5.41, 5.74) is 0. The van der Waals surface area contributed by atoms with Crippen LogP contribution in [0.3, 0.4) is 0 Å². The van der Waals surface area contributed by atoms with Gasteiger partial charge in [0.05, 0.1) is 6.61 Å². The maximum Gasteiger partial charge on any atom is 0.335 e. The van der Waals surface area contributed by atoms with Crippen LogP contribution in [0.15, 0.2) is 48.6 Å². The van der Waals surface area contributed by atoms with E-state index in [1.54, 1.807) is 0 Å². The number of carboxylic acids is 1. The fraction of sp³-hybridized carbons (Fsp3) is 0.821. The van der Waals surface area contributed by atoms with Gasteiger partial charge in [-0.3, -0.25) is 14.4 Å². The SMILES string of the molecule is CCCCC/C=C\C/C=C\CCCCCCCC(=O)OC1C(OCC(COC(=O)CCCCCCCCCCC/C=C\CCCCCCCC)OC(=O)CCCCCCC/C=C\CCCCCCCC)OC(C(=O)O)C(O)C1O. The summed E-state index contributed by atoms with van der Waals surface area (Å²) in [7, 11) is 0. The Morgan fingerprint density at radius 1 is 0.418 bits per heavy atom. The minimum Gasteiger partial charge on any atom is -0.479 e. The summed E-state index contributed by atoms with van der Waals surface area (Å²) in [4.78, 5) is 51.3. The van der Waals surface area contributed by atoms with E-state index in [1.165, 1.54) is 141 Å². The molecule has 0 radical (unpaired) electrons. The van der Waals surface area contributed by atoms with Crippen molar-refractivity contribution in [2.45, 2.75) is 340 Å². The van der Waals surface area contributed by atoms with Gasteiger partial charge in [-0.2, -0.15) is 0 Å². The standard InChI is InChI=1S/C67H118O12/c1-4-7-10-13-16-19-22-25-28-29-30-31-34-35-38-41-44-47-50-53-59(68)75-56-58(77-60(69)54-51-48-45-42-39-36-32-26-23-20-17-14-11-8-5-2)57-76-67-65(63(72)62(71)64(79-67)66(73)74)78-61(70)55-52-49-46-43-40-37-33-27-24-21-18-15-12-9-6-3/h18,21,25-28,32-33,58,62-65,67,71-72H,4-17,19-20,22-24,29-31,34-57H2,1-3H3,(H,73,74)/b21-18-,28-25-,32-26-,33-27-. The lowest BCUT2D eigenvalue weighted by Gasteiger charge is -2.40. The molecule has 1 rings (SSSR count). The van der Waals surface area contributed by atoms with E-state index < -0.39 is 67.3 Å². The van der Waals surface area contributed by atoms with Crippen LogP contribution in [0, 0.1) is 0 Å². The summed E-state index contributed by atoms with van der Waals surface area (Å²) in [6, 6.07) is 0. The number of allylic oxidation sites excluding steroid dienone is 8. The van der Waals surface area contributed by atoms with E-state index >= 15 is 0 Å². The Labute approximate surface area is 482 Å². The number of carboxylic acid groups (broad SMARTS) is 1. The van der Waals surface area contributed by atoms with Gasteiger partial charge in [0.2, 0.25) is 0 Å². The van der Waals surface area contributed by atoms with Crippen LogP contribution in [0.2, 0.25) is 0 Å². The molecule has 79 heavy (non-hydrogen) atoms. The van der Waals surface area contributed by atoms with Crippen molar-refractivity contribution >= 4 is 23.9 Å². The minimum atomic E-state index is -1.91. The van der Waals surface area contributed by atoms with Crippen LogP contribution >= 0.6 is 0 Å². The van der Waals surface area contributed by atoms with Gasteiger partial charge in [0, 0.05) is 19.3 Å². The second-order valence-electron chi connectivity index (χ2n) is 22.4. The first kappa shape index (κ1) is 73.7. The first-order valence-electron chi connectivity index (χ1n) is 32.6. The highest BCUT2D eigenvalue weighted by molar-refractivity contribution is 5.74. The number of aliphatic hydroxyl groups is 2. The van der Waals surface area contributed by atoms with Crippen molar-refractivity contribution in [2.24, 2.45) is 0 Å². The highest BCUT2D eigenvalue weighted by atomic mass is 16.7. The molecule has 6 atom stereocenters. The van der Waals surface area contributed by atoms with E-state index in [-0.39, 0.29) is 25.9 Å². The average Bonchev–Trinajstić information content (AvgIpc) is 3.44. The molecule has 6 unspecified atom stereocenters. The lowest BCUT2D eigenvalue weighted by Crippen LogP contribution is -2.61. The van der Waals surface area contributed by atoms with Gasteiger partial charge >= 0.3 is 23.9 Å². The molecule has 0 amide bonds. The number of hydrogen-bond donors (Lipinski definition) is 3. The lowest BCUT2D eigenvalue weighted by atomic mass is 9.98. The van der Waals surface area contributed by atoms with E-state index in [0.717, 1.165) is 103 Å². The molecule has 3 N–H and O–H groups in total. The zero-order valence-electron chi connectivity index (χ0n) is 50.6. The van der Waals surface area contributed by atoms with Crippen molar-refractivity contribution in [1.82, 2.24) is 0 Å². The summed E-state index contributed by atoms with van der Waals surface area (Å²) in [5.74, 6) is -3.13. The third kappa shape index (κ3) is 45.0. The summed E-state index contributed by atoms with van der Waals surface area (Å²) in [5, 5.41) is 31.6. The van der Waals surface area contributed by atoms with E-state index in [2.05, 4.69) is 69.4 Å². The van der Waals surface area contributed by atoms with Crippen LogP contribution in [0.25, 0.3) is 0 Å². The normalized spacial score (nSPS) is 18.1. The number of esters is 3. The maximum atomic E-state index is 13.2. The average molecular weight is 1120 g/mol. The Balaban J connectivity index is 2.66. The number of aliphatic hydroxyl groups excluding tert-OH is 2. The quantitative estimate of drug-likeness (QED) is 0.0228. The molecule has 1 fully saturated rings. The molecule has 0 spiro atoms. The molecule has 0 bridgehead atoms. The van der Waals surface area contributed by atoms with Gasteiger partial charge in [-0.15, -0.1) is 0 Å². The minimum absolute atomic E-state index is 0.0448. The highest BCUT2D eigenvalue weighted by Crippen LogP contribution is 2.27. The number of unbranched alkanes of at least 4 members (excludes halogenated alkanes) is 34. The Morgan fingerprint density at radius 2 is 0.759 bits per heavy atom. The maximum absolute atomic E-state index is 13.2. The third-order valence-electron chi connectivity index (χ3n) is 14.8. The zero-order chi connectivity index (χ0) is 57.5. The third-order valence-corrected chi connectivity index (χ3v) is 14.8. The fourth-order valence-corrected chi connectivity index (χ4v) is 9.80. The number of carbonyl (C=O) groups is 4. The number of aliphatic carboxylic acids is 1. The summed E-state index contributed by atoms with van der Waals surface area (Å²) >= 11 is 0. The van der Waals surface area contributed by atoms with Gasteiger partial charge in [-0.25, -0.2) is 4.79 Å². The molecular formula is C67H118O12. The number of hydrogen-bond acceptors (Lipinski definition) is 11. The molecule has 1 aliphatic heterocycles. The van der Waals surface area contributed by atoms with Crippen LogP contribution in [0.1, 0.15) is 303 Å².